The molecule has 0 bridgehead atoms. The molecular weight excluding hydrogens is 268 g/mol. The molecular formula is C11H17ClN6O. The van der Waals surface area contributed by atoms with Crippen molar-refractivity contribution in [3.8, 4) is 0 Å². The maximum Gasteiger partial charge on any atom is 0.230 e. The van der Waals surface area contributed by atoms with Gasteiger partial charge in [-0.1, -0.05) is 0 Å². The van der Waals surface area contributed by atoms with Crippen LogP contribution >= 0.6 is 11.6 Å². The predicted molar refractivity (Wildman–Crippen MR) is 73.4 cm³/mol. The van der Waals surface area contributed by atoms with Gasteiger partial charge in [0, 0.05) is 40.2 Å². The van der Waals surface area contributed by atoms with Crippen LogP contribution in [0.4, 0.5) is 11.9 Å². The van der Waals surface area contributed by atoms with Crippen LogP contribution in [0.1, 0.15) is 12.8 Å². The van der Waals surface area contributed by atoms with E-state index < -0.39 is 0 Å². The lowest BCUT2D eigenvalue weighted by atomic mass is 10.1. The number of nitrogens with zero attached hydrogens (tertiary/aromatic N) is 5. The Kier molecular flexibility index (Phi) is 4.04. The zero-order valence-electron chi connectivity index (χ0n) is 11.2. The van der Waals surface area contributed by atoms with E-state index in [0.29, 0.717) is 24.9 Å². The normalized spacial score (nSPS) is 19.5. The Balaban J connectivity index is 2.08. The van der Waals surface area contributed by atoms with Crippen molar-refractivity contribution in [1.82, 2.24) is 19.9 Å². The van der Waals surface area contributed by atoms with Gasteiger partial charge in [-0.25, -0.2) is 0 Å². The third-order valence-electron chi connectivity index (χ3n) is 2.96. The molecule has 1 amide bonds. The summed E-state index contributed by atoms with van der Waals surface area (Å²) in [5.74, 6) is 1.11. The lowest BCUT2D eigenvalue weighted by Gasteiger charge is -2.30. The molecule has 0 saturated carbocycles. The van der Waals surface area contributed by atoms with Crippen LogP contribution in [0.25, 0.3) is 0 Å². The minimum absolute atomic E-state index is 0.135. The molecule has 0 spiro atoms. The fraction of sp³-hybridized carbons (Fsp3) is 0.636. The molecule has 104 valence electrons. The monoisotopic (exact) mass is 284 g/mol. The molecule has 2 heterocycles. The second kappa shape index (κ2) is 5.56. The second-order valence-corrected chi connectivity index (χ2v) is 5.11. The van der Waals surface area contributed by atoms with E-state index in [2.05, 4.69) is 20.3 Å². The average molecular weight is 285 g/mol. The Bertz CT molecular complexity index is 480. The maximum absolute atomic E-state index is 11.4. The smallest absolute Gasteiger partial charge is 0.230 e. The third-order valence-corrected chi connectivity index (χ3v) is 3.13. The maximum atomic E-state index is 11.4. The highest BCUT2D eigenvalue weighted by atomic mass is 35.5. The molecule has 19 heavy (non-hydrogen) atoms. The molecule has 1 aliphatic heterocycles. The number of carbonyl (C=O) groups excluding carboxylic acids is 1. The third kappa shape index (κ3) is 3.44. The van der Waals surface area contributed by atoms with Gasteiger partial charge in [-0.2, -0.15) is 15.0 Å². The molecule has 8 heteroatoms. The SMILES string of the molecule is CN1CC(Nc2nc(Cl)nc(N(C)C)n2)CCC1=O. The summed E-state index contributed by atoms with van der Waals surface area (Å²) in [6.07, 6.45) is 1.30. The van der Waals surface area contributed by atoms with Crippen molar-refractivity contribution < 1.29 is 4.79 Å². The number of anilines is 2. The number of hydrogen-bond donors (Lipinski definition) is 1. The first-order valence-corrected chi connectivity index (χ1v) is 6.43. The summed E-state index contributed by atoms with van der Waals surface area (Å²) >= 11 is 5.87. The van der Waals surface area contributed by atoms with Gasteiger partial charge in [0.25, 0.3) is 0 Å². The summed E-state index contributed by atoms with van der Waals surface area (Å²) in [7, 11) is 5.47. The molecule has 0 aromatic carbocycles. The van der Waals surface area contributed by atoms with Gasteiger partial charge < -0.3 is 15.1 Å². The Hall–Kier alpha value is -1.63. The zero-order chi connectivity index (χ0) is 14.0. The van der Waals surface area contributed by atoms with Gasteiger partial charge in [0.1, 0.15) is 0 Å². The summed E-state index contributed by atoms with van der Waals surface area (Å²) in [6.45, 7) is 0.638. The van der Waals surface area contributed by atoms with Gasteiger partial charge in [-0.3, -0.25) is 4.79 Å². The summed E-state index contributed by atoms with van der Waals surface area (Å²) in [5, 5.41) is 3.35. The van der Waals surface area contributed by atoms with Crippen LogP contribution in [-0.4, -0.2) is 59.5 Å². The molecule has 2 rings (SSSR count). The Morgan fingerprint density at radius 2 is 2.11 bits per heavy atom. The second-order valence-electron chi connectivity index (χ2n) is 4.78. The highest BCUT2D eigenvalue weighted by Crippen LogP contribution is 2.16. The Morgan fingerprint density at radius 3 is 2.74 bits per heavy atom. The quantitative estimate of drug-likeness (QED) is 0.877. The van der Waals surface area contributed by atoms with Gasteiger partial charge in [0.15, 0.2) is 0 Å². The molecule has 0 aliphatic carbocycles. The van der Waals surface area contributed by atoms with Gasteiger partial charge in [-0.15, -0.1) is 0 Å². The van der Waals surface area contributed by atoms with Crippen molar-refractivity contribution in [2.24, 2.45) is 0 Å². The van der Waals surface area contributed by atoms with Crippen LogP contribution in [-0.2, 0) is 4.79 Å². The van der Waals surface area contributed by atoms with Crippen LogP contribution in [0.3, 0.4) is 0 Å². The zero-order valence-corrected chi connectivity index (χ0v) is 12.0. The number of carbonyl (C=O) groups is 1. The molecule has 1 unspecified atom stereocenters. The number of aromatic nitrogens is 3. The van der Waals surface area contributed by atoms with Crippen molar-refractivity contribution in [3.05, 3.63) is 5.28 Å². The first kappa shape index (κ1) is 13.8. The van der Waals surface area contributed by atoms with Crippen LogP contribution in [0, 0.1) is 0 Å². The number of piperidine rings is 1. The minimum atomic E-state index is 0.135. The fourth-order valence-corrected chi connectivity index (χ4v) is 2.07. The number of halogens is 1. The van der Waals surface area contributed by atoms with Gasteiger partial charge in [0.05, 0.1) is 0 Å². The summed E-state index contributed by atoms with van der Waals surface area (Å²) in [6, 6.07) is 0.135. The van der Waals surface area contributed by atoms with E-state index >= 15 is 0 Å². The minimum Gasteiger partial charge on any atom is -0.350 e. The van der Waals surface area contributed by atoms with E-state index in [4.69, 9.17) is 11.6 Å². The lowest BCUT2D eigenvalue weighted by molar-refractivity contribution is -0.132. The number of nitrogens with one attached hydrogen (secondary N) is 1. The largest absolute Gasteiger partial charge is 0.350 e. The highest BCUT2D eigenvalue weighted by Gasteiger charge is 2.23. The standard InChI is InChI=1S/C11H17ClN6O/c1-17(2)11-15-9(12)14-10(16-11)13-7-4-5-8(19)18(3)6-7/h7H,4-6H2,1-3H3,(H,13,14,15,16). The molecule has 1 aliphatic rings. The van der Waals surface area contributed by atoms with Gasteiger partial charge in [0.2, 0.25) is 23.1 Å². The summed E-state index contributed by atoms with van der Waals surface area (Å²) in [4.78, 5) is 27.2. The first-order chi connectivity index (χ1) is 8.95. The Labute approximate surface area is 117 Å². The summed E-state index contributed by atoms with van der Waals surface area (Å²) < 4.78 is 0. The first-order valence-electron chi connectivity index (χ1n) is 6.05. The van der Waals surface area contributed by atoms with Gasteiger partial charge in [-0.05, 0) is 18.0 Å². The van der Waals surface area contributed by atoms with E-state index in [0.717, 1.165) is 6.42 Å². The van der Waals surface area contributed by atoms with E-state index in [1.165, 1.54) is 0 Å². The molecule has 1 fully saturated rings. The average Bonchev–Trinajstić information content (AvgIpc) is 2.33. The summed E-state index contributed by atoms with van der Waals surface area (Å²) in [5.41, 5.74) is 0. The van der Waals surface area contributed by atoms with Crippen molar-refractivity contribution in [3.63, 3.8) is 0 Å². The number of amides is 1. The molecule has 1 saturated heterocycles. The van der Waals surface area contributed by atoms with Crippen LogP contribution in [0.5, 0.6) is 0 Å². The number of likely N-dealkylation sites (tertiary alicyclic amines) is 1. The molecule has 0 radical (unpaired) electrons. The van der Waals surface area contributed by atoms with E-state index in [9.17, 15) is 4.79 Å². The molecule has 7 nitrogen and oxygen atoms in total. The predicted octanol–water partition coefficient (Wildman–Crippen LogP) is 0.624. The van der Waals surface area contributed by atoms with Crippen LogP contribution < -0.4 is 10.2 Å². The number of likely N-dealkylation sites (N-methyl/N-ethyl adjacent to an activating group) is 1. The van der Waals surface area contributed by atoms with Crippen LogP contribution in [0.15, 0.2) is 0 Å². The van der Waals surface area contributed by atoms with Crippen molar-refractivity contribution in [2.45, 2.75) is 18.9 Å². The van der Waals surface area contributed by atoms with Crippen LogP contribution in [0.2, 0.25) is 5.28 Å². The van der Waals surface area contributed by atoms with Crippen molar-refractivity contribution in [2.75, 3.05) is 37.9 Å². The van der Waals surface area contributed by atoms with Crippen molar-refractivity contribution >= 4 is 29.4 Å². The number of hydrogen-bond acceptors (Lipinski definition) is 6. The highest BCUT2D eigenvalue weighted by molar-refractivity contribution is 6.28. The molecule has 1 atom stereocenters. The van der Waals surface area contributed by atoms with Gasteiger partial charge >= 0.3 is 0 Å². The van der Waals surface area contributed by atoms with Crippen molar-refractivity contribution in [1.29, 1.82) is 0 Å². The molecule has 1 aromatic rings. The number of rotatable bonds is 3. The lowest BCUT2D eigenvalue weighted by Crippen LogP contribution is -2.43. The molecule has 1 N–H and O–H groups in total. The Morgan fingerprint density at radius 1 is 1.37 bits per heavy atom. The van der Waals surface area contributed by atoms with E-state index in [-0.39, 0.29) is 17.2 Å². The van der Waals surface area contributed by atoms with E-state index in [1.807, 2.05) is 14.1 Å². The van der Waals surface area contributed by atoms with E-state index in [1.54, 1.807) is 16.8 Å². The topological polar surface area (TPSA) is 74.2 Å². The fourth-order valence-electron chi connectivity index (χ4n) is 1.92. The molecule has 1 aromatic heterocycles.